The third-order valence-corrected chi connectivity index (χ3v) is 4.34. The lowest BCUT2D eigenvalue weighted by atomic mass is 10.2. The van der Waals surface area contributed by atoms with E-state index in [1.807, 2.05) is 18.2 Å². The predicted molar refractivity (Wildman–Crippen MR) is 113 cm³/mol. The number of rotatable bonds is 6. The third-order valence-electron chi connectivity index (χ3n) is 4.34. The smallest absolute Gasteiger partial charge is 0.282 e. The van der Waals surface area contributed by atoms with Crippen molar-refractivity contribution in [3.8, 4) is 5.75 Å². The van der Waals surface area contributed by atoms with Crippen LogP contribution in [0.15, 0.2) is 88.8 Å². The Morgan fingerprint density at radius 2 is 1.80 bits per heavy atom. The zero-order chi connectivity index (χ0) is 20.9. The Morgan fingerprint density at radius 3 is 2.60 bits per heavy atom. The molecule has 4 rings (SSSR count). The topological polar surface area (TPSA) is 99.6 Å². The van der Waals surface area contributed by atoms with Crippen LogP contribution in [0.3, 0.4) is 0 Å². The van der Waals surface area contributed by atoms with Crippen LogP contribution in [0.5, 0.6) is 5.75 Å². The van der Waals surface area contributed by atoms with E-state index in [1.54, 1.807) is 48.5 Å². The summed E-state index contributed by atoms with van der Waals surface area (Å²) in [5.74, 6) is 0.943. The van der Waals surface area contributed by atoms with E-state index in [4.69, 9.17) is 4.74 Å². The Balaban J connectivity index is 1.74. The molecule has 0 N–H and O–H groups in total. The fraction of sp³-hybridized carbons (Fsp3) is 0.0455. The number of nitro benzene ring substituents is 1. The van der Waals surface area contributed by atoms with Gasteiger partial charge in [-0.15, -0.1) is 0 Å². The van der Waals surface area contributed by atoms with Crippen molar-refractivity contribution in [3.63, 3.8) is 0 Å². The average Bonchev–Trinajstić information content (AvgIpc) is 2.78. The van der Waals surface area contributed by atoms with Crippen LogP contribution in [-0.2, 0) is 6.61 Å². The Hall–Kier alpha value is -4.33. The van der Waals surface area contributed by atoms with Gasteiger partial charge in [-0.25, -0.2) is 4.98 Å². The molecule has 8 heteroatoms. The predicted octanol–water partition coefficient (Wildman–Crippen LogP) is 3.77. The number of para-hydroxylation sites is 2. The molecule has 30 heavy (non-hydrogen) atoms. The van der Waals surface area contributed by atoms with E-state index in [1.165, 1.54) is 18.3 Å². The van der Waals surface area contributed by atoms with Crippen LogP contribution in [0, 0.1) is 10.1 Å². The quantitative estimate of drug-likeness (QED) is 0.279. The molecule has 0 spiro atoms. The summed E-state index contributed by atoms with van der Waals surface area (Å²) in [6.07, 6.45) is 1.39. The molecule has 148 valence electrons. The summed E-state index contributed by atoms with van der Waals surface area (Å²) in [6.45, 7) is 0.0242. The summed E-state index contributed by atoms with van der Waals surface area (Å²) >= 11 is 0. The molecule has 0 saturated carbocycles. The zero-order valence-electron chi connectivity index (χ0n) is 15.7. The molecule has 0 aliphatic heterocycles. The van der Waals surface area contributed by atoms with Crippen molar-refractivity contribution >= 4 is 22.8 Å². The van der Waals surface area contributed by atoms with Gasteiger partial charge >= 0.3 is 0 Å². The summed E-state index contributed by atoms with van der Waals surface area (Å²) in [4.78, 5) is 28.0. The summed E-state index contributed by atoms with van der Waals surface area (Å²) in [7, 11) is 0. The summed E-state index contributed by atoms with van der Waals surface area (Å²) in [5, 5.41) is 15.6. The first-order valence-electron chi connectivity index (χ1n) is 9.09. The maximum Gasteiger partial charge on any atom is 0.282 e. The lowest BCUT2D eigenvalue weighted by molar-refractivity contribution is -0.384. The van der Waals surface area contributed by atoms with Crippen LogP contribution in [0.2, 0.25) is 0 Å². The van der Waals surface area contributed by atoms with Gasteiger partial charge in [-0.1, -0.05) is 42.5 Å². The van der Waals surface area contributed by atoms with Gasteiger partial charge in [-0.05, 0) is 24.3 Å². The van der Waals surface area contributed by atoms with Crippen LogP contribution >= 0.6 is 0 Å². The van der Waals surface area contributed by atoms with Gasteiger partial charge in [-0.2, -0.15) is 9.78 Å². The highest BCUT2D eigenvalue weighted by Crippen LogP contribution is 2.14. The molecule has 0 saturated heterocycles. The van der Waals surface area contributed by atoms with E-state index in [9.17, 15) is 14.9 Å². The van der Waals surface area contributed by atoms with Gasteiger partial charge in [-0.3, -0.25) is 14.9 Å². The van der Waals surface area contributed by atoms with E-state index in [0.717, 1.165) is 4.68 Å². The molecule has 0 amide bonds. The summed E-state index contributed by atoms with van der Waals surface area (Å²) in [5.41, 5.74) is 0.611. The van der Waals surface area contributed by atoms with Crippen LogP contribution in [-0.4, -0.2) is 20.8 Å². The van der Waals surface area contributed by atoms with Crippen molar-refractivity contribution in [3.05, 3.63) is 111 Å². The lowest BCUT2D eigenvalue weighted by Crippen LogP contribution is -2.23. The molecule has 4 aromatic rings. The fourth-order valence-electron chi connectivity index (χ4n) is 2.89. The maximum absolute atomic E-state index is 13.0. The van der Waals surface area contributed by atoms with Crippen molar-refractivity contribution < 1.29 is 9.66 Å². The second-order valence-corrected chi connectivity index (χ2v) is 6.36. The van der Waals surface area contributed by atoms with E-state index in [2.05, 4.69) is 10.1 Å². The second-order valence-electron chi connectivity index (χ2n) is 6.36. The van der Waals surface area contributed by atoms with E-state index in [-0.39, 0.29) is 17.9 Å². The van der Waals surface area contributed by atoms with Gasteiger partial charge < -0.3 is 4.74 Å². The van der Waals surface area contributed by atoms with Gasteiger partial charge in [0.15, 0.2) is 5.82 Å². The monoisotopic (exact) mass is 400 g/mol. The normalized spacial score (nSPS) is 11.1. The van der Waals surface area contributed by atoms with Crippen LogP contribution in [0.25, 0.3) is 10.9 Å². The number of benzene rings is 3. The van der Waals surface area contributed by atoms with Gasteiger partial charge in [0.2, 0.25) is 0 Å². The number of aromatic nitrogens is 2. The lowest BCUT2D eigenvalue weighted by Gasteiger charge is -2.10. The van der Waals surface area contributed by atoms with E-state index >= 15 is 0 Å². The second kappa shape index (κ2) is 8.36. The third kappa shape index (κ3) is 4.07. The molecule has 3 aromatic carbocycles. The van der Waals surface area contributed by atoms with Gasteiger partial charge in [0.1, 0.15) is 12.4 Å². The first-order valence-corrected chi connectivity index (χ1v) is 9.09. The molecule has 8 nitrogen and oxygen atoms in total. The van der Waals surface area contributed by atoms with E-state index in [0.29, 0.717) is 28.0 Å². The first kappa shape index (κ1) is 19.0. The fourth-order valence-corrected chi connectivity index (χ4v) is 2.89. The molecule has 0 fully saturated rings. The molecule has 0 atom stereocenters. The van der Waals surface area contributed by atoms with Crippen molar-refractivity contribution in [2.24, 2.45) is 5.10 Å². The maximum atomic E-state index is 13.0. The minimum Gasteiger partial charge on any atom is -0.486 e. The molecule has 0 aliphatic rings. The van der Waals surface area contributed by atoms with Crippen LogP contribution in [0.4, 0.5) is 5.69 Å². The number of hydrogen-bond donors (Lipinski definition) is 0. The Labute approximate surface area is 170 Å². The highest BCUT2D eigenvalue weighted by Gasteiger charge is 2.11. The van der Waals surface area contributed by atoms with Gasteiger partial charge in [0.05, 0.1) is 22.0 Å². The number of nitro groups is 1. The Bertz CT molecular complexity index is 1300. The van der Waals surface area contributed by atoms with Crippen LogP contribution in [0.1, 0.15) is 11.4 Å². The minimum atomic E-state index is -0.486. The Morgan fingerprint density at radius 1 is 1.03 bits per heavy atom. The molecule has 0 radical (unpaired) electrons. The zero-order valence-corrected chi connectivity index (χ0v) is 15.7. The molecular formula is C22H16N4O4. The van der Waals surface area contributed by atoms with Crippen molar-refractivity contribution in [2.45, 2.75) is 6.61 Å². The van der Waals surface area contributed by atoms with Gasteiger partial charge in [0, 0.05) is 17.7 Å². The molecular weight excluding hydrogens is 384 g/mol. The molecule has 0 unspecified atom stereocenters. The first-order chi connectivity index (χ1) is 14.6. The number of nitrogens with zero attached hydrogens (tertiary/aromatic N) is 4. The van der Waals surface area contributed by atoms with Crippen molar-refractivity contribution in [1.82, 2.24) is 9.66 Å². The van der Waals surface area contributed by atoms with Crippen molar-refractivity contribution in [1.29, 1.82) is 0 Å². The molecule has 1 heterocycles. The highest BCUT2D eigenvalue weighted by molar-refractivity contribution is 5.81. The summed E-state index contributed by atoms with van der Waals surface area (Å²) in [6, 6.07) is 22.1. The van der Waals surface area contributed by atoms with E-state index < -0.39 is 4.92 Å². The standard InChI is InChI=1S/C22H16N4O4/c27-22-19-11-4-5-12-20(19)24-21(15-30-18-9-2-1-3-10-18)25(22)23-14-16-7-6-8-17(13-16)26(28)29/h1-14H,15H2/b23-14-. The van der Waals surface area contributed by atoms with Gasteiger partial charge in [0.25, 0.3) is 11.2 Å². The average molecular weight is 400 g/mol. The number of hydrogen-bond acceptors (Lipinski definition) is 6. The molecule has 0 aliphatic carbocycles. The molecule has 0 bridgehead atoms. The largest absolute Gasteiger partial charge is 0.486 e. The number of ether oxygens (including phenoxy) is 1. The number of non-ortho nitro benzene ring substituents is 1. The number of fused-ring (bicyclic) bond motifs is 1. The molecule has 1 aromatic heterocycles. The van der Waals surface area contributed by atoms with Crippen molar-refractivity contribution in [2.75, 3.05) is 0 Å². The summed E-state index contributed by atoms with van der Waals surface area (Å²) < 4.78 is 6.91. The minimum absolute atomic E-state index is 0.0242. The Kier molecular flexibility index (Phi) is 5.29. The SMILES string of the molecule is O=c1c2ccccc2nc(COc2ccccc2)n1/N=C\c1cccc([N+](=O)[O-])c1. The van der Waals surface area contributed by atoms with Crippen LogP contribution < -0.4 is 10.3 Å². The highest BCUT2D eigenvalue weighted by atomic mass is 16.6.